The third-order valence-electron chi connectivity index (χ3n) is 10.4. The van der Waals surface area contributed by atoms with Crippen molar-refractivity contribution in [1.82, 2.24) is 10.6 Å². The van der Waals surface area contributed by atoms with Gasteiger partial charge in [0, 0.05) is 55.0 Å². The van der Waals surface area contributed by atoms with Crippen LogP contribution in [0.25, 0.3) is 6.08 Å². The maximum atomic E-state index is 13.8. The van der Waals surface area contributed by atoms with E-state index in [4.69, 9.17) is 28.8 Å². The lowest BCUT2D eigenvalue weighted by molar-refractivity contribution is -0.190. The number of esters is 3. The topological polar surface area (TPSA) is 176 Å². The SMILES string of the molecule is CCCCCC1(CCCCC)O[C@@H]2[C@@H](C=C(C(=O)NCc3cccc(C(=O)NCCO)c3)C[C@H]2OC(=O)c2cccc(C=CC(=O)O[C@H]3C(=O)OCC3(C)C)c2)O1. The fraction of sp³-hybridized carbons (Fsp3) is 0.523. The minimum atomic E-state index is -1.02. The second kappa shape index (κ2) is 20.0. The number of hydrogen-bond acceptors (Lipinski definition) is 11. The molecule has 1 aliphatic carbocycles. The van der Waals surface area contributed by atoms with Crippen LogP contribution in [0.1, 0.15) is 117 Å². The van der Waals surface area contributed by atoms with E-state index < -0.39 is 53.5 Å². The third kappa shape index (κ3) is 11.6. The van der Waals surface area contributed by atoms with Crippen LogP contribution in [-0.4, -0.2) is 84.8 Å². The Labute approximate surface area is 334 Å². The lowest BCUT2D eigenvalue weighted by Crippen LogP contribution is -2.43. The smallest absolute Gasteiger partial charge is 0.348 e. The summed E-state index contributed by atoms with van der Waals surface area (Å²) in [5, 5.41) is 14.6. The summed E-state index contributed by atoms with van der Waals surface area (Å²) in [5.74, 6) is -3.52. The monoisotopic (exact) mass is 788 g/mol. The van der Waals surface area contributed by atoms with Crippen LogP contribution in [0.15, 0.2) is 66.3 Å². The highest BCUT2D eigenvalue weighted by molar-refractivity contribution is 5.95. The molecule has 0 radical (unpaired) electrons. The van der Waals surface area contributed by atoms with Crippen molar-refractivity contribution < 1.29 is 52.8 Å². The van der Waals surface area contributed by atoms with E-state index in [1.165, 1.54) is 12.2 Å². The van der Waals surface area contributed by atoms with E-state index in [1.54, 1.807) is 68.5 Å². The van der Waals surface area contributed by atoms with Crippen LogP contribution in [0.3, 0.4) is 0 Å². The van der Waals surface area contributed by atoms with Gasteiger partial charge in [0.2, 0.25) is 12.0 Å². The van der Waals surface area contributed by atoms with Crippen molar-refractivity contribution in [1.29, 1.82) is 0 Å². The molecule has 3 aliphatic rings. The van der Waals surface area contributed by atoms with Crippen LogP contribution < -0.4 is 10.6 Å². The minimum absolute atomic E-state index is 0.0804. The molecule has 0 saturated carbocycles. The Morgan fingerprint density at radius 3 is 2.30 bits per heavy atom. The van der Waals surface area contributed by atoms with E-state index >= 15 is 0 Å². The number of ether oxygens (including phenoxy) is 5. The van der Waals surface area contributed by atoms with E-state index in [0.29, 0.717) is 35.1 Å². The van der Waals surface area contributed by atoms with Crippen molar-refractivity contribution in [2.75, 3.05) is 19.8 Å². The third-order valence-corrected chi connectivity index (χ3v) is 10.4. The molecule has 57 heavy (non-hydrogen) atoms. The molecule has 3 N–H and O–H groups in total. The van der Waals surface area contributed by atoms with Crippen LogP contribution in [0, 0.1) is 5.41 Å². The van der Waals surface area contributed by atoms with Crippen LogP contribution in [0.2, 0.25) is 0 Å². The maximum Gasteiger partial charge on any atom is 0.348 e. The molecular formula is C44H56N2O11. The van der Waals surface area contributed by atoms with Crippen LogP contribution in [-0.2, 0) is 44.6 Å². The molecule has 2 aromatic carbocycles. The average Bonchev–Trinajstić information content (AvgIpc) is 3.70. The highest BCUT2D eigenvalue weighted by atomic mass is 16.8. The van der Waals surface area contributed by atoms with Crippen molar-refractivity contribution >= 4 is 35.8 Å². The van der Waals surface area contributed by atoms with Crippen molar-refractivity contribution in [3.63, 3.8) is 0 Å². The van der Waals surface area contributed by atoms with Crippen molar-refractivity contribution in [2.24, 2.45) is 5.41 Å². The predicted octanol–water partition coefficient (Wildman–Crippen LogP) is 5.73. The van der Waals surface area contributed by atoms with Gasteiger partial charge in [-0.3, -0.25) is 9.59 Å². The molecule has 2 saturated heterocycles. The van der Waals surface area contributed by atoms with Gasteiger partial charge in [0.1, 0.15) is 24.9 Å². The zero-order valence-electron chi connectivity index (χ0n) is 33.4. The Balaban J connectivity index is 1.32. The van der Waals surface area contributed by atoms with Gasteiger partial charge in [0.05, 0.1) is 12.2 Å². The molecular weight excluding hydrogens is 732 g/mol. The second-order valence-electron chi connectivity index (χ2n) is 15.6. The Morgan fingerprint density at radius 1 is 0.895 bits per heavy atom. The zero-order chi connectivity index (χ0) is 41.0. The van der Waals surface area contributed by atoms with E-state index in [-0.39, 0.29) is 50.1 Å². The quantitative estimate of drug-likeness (QED) is 0.0686. The summed E-state index contributed by atoms with van der Waals surface area (Å²) in [6.07, 6.45) is 8.61. The number of amides is 2. The largest absolute Gasteiger partial charge is 0.462 e. The number of nitrogens with one attached hydrogen (secondary N) is 2. The Hall–Kier alpha value is -4.85. The lowest BCUT2D eigenvalue weighted by atomic mass is 9.90. The summed E-state index contributed by atoms with van der Waals surface area (Å²) < 4.78 is 30.1. The molecule has 13 heteroatoms. The molecule has 4 atom stereocenters. The van der Waals surface area contributed by atoms with E-state index in [0.717, 1.165) is 38.5 Å². The molecule has 13 nitrogen and oxygen atoms in total. The molecule has 2 amide bonds. The van der Waals surface area contributed by atoms with Crippen molar-refractivity contribution in [2.45, 2.75) is 122 Å². The minimum Gasteiger partial charge on any atom is -0.462 e. The Morgan fingerprint density at radius 2 is 1.61 bits per heavy atom. The number of benzene rings is 2. The first kappa shape index (κ1) is 43.3. The molecule has 5 rings (SSSR count). The normalized spacial score (nSPS) is 22.0. The van der Waals surface area contributed by atoms with E-state index in [2.05, 4.69) is 24.5 Å². The van der Waals surface area contributed by atoms with Gasteiger partial charge < -0.3 is 39.4 Å². The highest BCUT2D eigenvalue weighted by Gasteiger charge is 2.52. The summed E-state index contributed by atoms with van der Waals surface area (Å²) in [5.41, 5.74) is 1.59. The number of rotatable bonds is 19. The summed E-state index contributed by atoms with van der Waals surface area (Å²) in [4.78, 5) is 64.7. The summed E-state index contributed by atoms with van der Waals surface area (Å²) >= 11 is 0. The molecule has 0 bridgehead atoms. The lowest BCUT2D eigenvalue weighted by Gasteiger charge is -2.31. The van der Waals surface area contributed by atoms with E-state index in [9.17, 15) is 24.0 Å². The predicted molar refractivity (Wildman–Crippen MR) is 210 cm³/mol. The summed E-state index contributed by atoms with van der Waals surface area (Å²) in [6, 6.07) is 13.4. The first-order valence-electron chi connectivity index (χ1n) is 20.1. The number of fused-ring (bicyclic) bond motifs is 1. The first-order chi connectivity index (χ1) is 27.4. The second-order valence-corrected chi connectivity index (χ2v) is 15.6. The van der Waals surface area contributed by atoms with Gasteiger partial charge in [-0.2, -0.15) is 0 Å². The number of carbonyl (C=O) groups is 5. The van der Waals surface area contributed by atoms with Gasteiger partial charge in [-0.1, -0.05) is 77.6 Å². The molecule has 308 valence electrons. The Bertz CT molecular complexity index is 1810. The van der Waals surface area contributed by atoms with E-state index in [1.807, 2.05) is 0 Å². The van der Waals surface area contributed by atoms with Gasteiger partial charge >= 0.3 is 17.9 Å². The van der Waals surface area contributed by atoms with Crippen LogP contribution in [0.5, 0.6) is 0 Å². The van der Waals surface area contributed by atoms with Crippen molar-refractivity contribution in [3.05, 3.63) is 88.5 Å². The number of hydrogen-bond donors (Lipinski definition) is 3. The van der Waals surface area contributed by atoms with Crippen molar-refractivity contribution in [3.8, 4) is 0 Å². The maximum absolute atomic E-state index is 13.8. The van der Waals surface area contributed by atoms with Crippen LogP contribution >= 0.6 is 0 Å². The van der Waals surface area contributed by atoms with Gasteiger partial charge in [-0.05, 0) is 60.4 Å². The standard InChI is InChI=1S/C44H56N2O11/c1-5-7-9-19-44(20-10-8-6-2)56-35-26-33(40(50)46-27-30-14-12-15-31(24-30)39(49)45-21-22-47)25-34(37(35)57-44)54-41(51)32-16-11-13-29(23-32)17-18-36(48)55-38-42(52)53-28-43(38,3)4/h11-18,23-24,26,34-35,37-38,47H,5-10,19-22,25,27-28H2,1-4H3,(H,45,49)(H,46,50)/t34-,35-,37+,38+/m1/s1. The molecule has 2 aliphatic heterocycles. The molecule has 0 unspecified atom stereocenters. The van der Waals surface area contributed by atoms with Gasteiger partial charge in [0.25, 0.3) is 5.91 Å². The average molecular weight is 789 g/mol. The number of cyclic esters (lactones) is 1. The molecule has 2 heterocycles. The summed E-state index contributed by atoms with van der Waals surface area (Å²) in [6.45, 7) is 8.08. The fourth-order valence-corrected chi connectivity index (χ4v) is 7.22. The molecule has 0 aromatic heterocycles. The highest BCUT2D eigenvalue weighted by Crippen LogP contribution is 2.43. The Kier molecular flexibility index (Phi) is 15.2. The zero-order valence-corrected chi connectivity index (χ0v) is 33.4. The molecule has 2 fully saturated rings. The number of carbonyl (C=O) groups excluding carboxylic acids is 5. The van der Waals surface area contributed by atoms with Gasteiger partial charge in [-0.15, -0.1) is 0 Å². The van der Waals surface area contributed by atoms with Gasteiger partial charge in [-0.25, -0.2) is 14.4 Å². The number of aliphatic hydroxyl groups excluding tert-OH is 1. The first-order valence-corrected chi connectivity index (χ1v) is 20.1. The fourth-order valence-electron chi connectivity index (χ4n) is 7.22. The molecule has 2 aromatic rings. The number of unbranched alkanes of at least 4 members (excludes halogenated alkanes) is 4. The summed E-state index contributed by atoms with van der Waals surface area (Å²) in [7, 11) is 0. The number of aliphatic hydroxyl groups is 1. The van der Waals surface area contributed by atoms with Crippen LogP contribution in [0.4, 0.5) is 0 Å². The van der Waals surface area contributed by atoms with Gasteiger partial charge in [0.15, 0.2) is 5.79 Å². The molecule has 0 spiro atoms.